The summed E-state index contributed by atoms with van der Waals surface area (Å²) in [5, 5.41) is 6.35. The Labute approximate surface area is 102 Å². The van der Waals surface area contributed by atoms with Crippen molar-refractivity contribution in [2.24, 2.45) is 0 Å². The summed E-state index contributed by atoms with van der Waals surface area (Å²) in [5.74, 6) is 0.183. The molecule has 5 heteroatoms. The Morgan fingerprint density at radius 2 is 2.12 bits per heavy atom. The minimum absolute atomic E-state index is 0.183. The van der Waals surface area contributed by atoms with Crippen molar-refractivity contribution in [2.75, 3.05) is 45.5 Å². The molecule has 1 amide bonds. The van der Waals surface area contributed by atoms with Crippen molar-refractivity contribution in [3.63, 3.8) is 0 Å². The molecule has 2 rings (SSSR count). The Morgan fingerprint density at radius 3 is 2.69 bits per heavy atom. The first-order chi connectivity index (χ1) is 7.74. The molecule has 0 radical (unpaired) electrons. The molecule has 0 aromatic rings. The highest BCUT2D eigenvalue weighted by Gasteiger charge is 2.41. The minimum Gasteiger partial charge on any atom is -0.354 e. The fourth-order valence-electron chi connectivity index (χ4n) is 1.98. The molecule has 92 valence electrons. The molecule has 2 fully saturated rings. The molecule has 1 saturated heterocycles. The highest BCUT2D eigenvalue weighted by molar-refractivity contribution is 8.00. The summed E-state index contributed by atoms with van der Waals surface area (Å²) < 4.78 is 0.374. The fourth-order valence-corrected chi connectivity index (χ4v) is 2.71. The van der Waals surface area contributed by atoms with Gasteiger partial charge in [-0.1, -0.05) is 0 Å². The maximum absolute atomic E-state index is 11.7. The number of nitrogens with zero attached hydrogens (tertiary/aromatic N) is 1. The fraction of sp³-hybridized carbons (Fsp3) is 0.909. The molecule has 0 atom stereocenters. The third-order valence-electron chi connectivity index (χ3n) is 3.43. The molecule has 0 unspecified atom stereocenters. The van der Waals surface area contributed by atoms with E-state index in [-0.39, 0.29) is 5.91 Å². The van der Waals surface area contributed by atoms with Crippen LogP contribution in [0.25, 0.3) is 0 Å². The van der Waals surface area contributed by atoms with Gasteiger partial charge in [-0.15, -0.1) is 0 Å². The average molecular weight is 243 g/mol. The van der Waals surface area contributed by atoms with Gasteiger partial charge in [0.1, 0.15) is 0 Å². The van der Waals surface area contributed by atoms with Crippen molar-refractivity contribution in [3.05, 3.63) is 0 Å². The molecule has 0 aromatic carbocycles. The quantitative estimate of drug-likeness (QED) is 0.708. The van der Waals surface area contributed by atoms with Gasteiger partial charge in [-0.25, -0.2) is 0 Å². The highest BCUT2D eigenvalue weighted by atomic mass is 32.2. The van der Waals surface area contributed by atoms with Gasteiger partial charge in [-0.3, -0.25) is 9.69 Å². The summed E-state index contributed by atoms with van der Waals surface area (Å²) in [6.07, 6.45) is 4.64. The first kappa shape index (κ1) is 12.2. The number of piperazine rings is 1. The molecule has 2 aliphatic rings. The van der Waals surface area contributed by atoms with E-state index in [0.717, 1.165) is 32.7 Å². The lowest BCUT2D eigenvalue weighted by atomic mass is 10.3. The summed E-state index contributed by atoms with van der Waals surface area (Å²) >= 11 is 1.89. The van der Waals surface area contributed by atoms with Gasteiger partial charge in [0.25, 0.3) is 0 Å². The highest BCUT2D eigenvalue weighted by Crippen LogP contribution is 2.46. The molecular formula is C11H21N3OS. The lowest BCUT2D eigenvalue weighted by Gasteiger charge is -2.26. The maximum atomic E-state index is 11.7. The van der Waals surface area contributed by atoms with Crippen molar-refractivity contribution >= 4 is 17.7 Å². The molecule has 1 aliphatic heterocycles. The van der Waals surface area contributed by atoms with Crippen LogP contribution in [0.5, 0.6) is 0 Å². The number of amides is 1. The van der Waals surface area contributed by atoms with Crippen molar-refractivity contribution in [1.29, 1.82) is 0 Å². The first-order valence-electron chi connectivity index (χ1n) is 5.99. The molecule has 1 heterocycles. The SMILES string of the molecule is CSC1(CNC(=O)CN2CCNCC2)CC1. The van der Waals surface area contributed by atoms with Gasteiger partial charge < -0.3 is 10.6 Å². The third kappa shape index (κ3) is 3.37. The molecule has 4 nitrogen and oxygen atoms in total. The normalized spacial score (nSPS) is 24.1. The lowest BCUT2D eigenvalue weighted by molar-refractivity contribution is -0.122. The van der Waals surface area contributed by atoms with E-state index in [9.17, 15) is 4.79 Å². The van der Waals surface area contributed by atoms with Gasteiger partial charge in [0.2, 0.25) is 5.91 Å². The Hall–Kier alpha value is -0.260. The van der Waals surface area contributed by atoms with E-state index >= 15 is 0 Å². The zero-order valence-electron chi connectivity index (χ0n) is 9.92. The van der Waals surface area contributed by atoms with Crippen LogP contribution in [0.2, 0.25) is 0 Å². The summed E-state index contributed by atoms with van der Waals surface area (Å²) in [7, 11) is 0. The molecule has 2 N–H and O–H groups in total. The predicted molar refractivity (Wildman–Crippen MR) is 67.8 cm³/mol. The number of carbonyl (C=O) groups excluding carboxylic acids is 1. The van der Waals surface area contributed by atoms with E-state index < -0.39 is 0 Å². The van der Waals surface area contributed by atoms with Gasteiger partial charge in [-0.05, 0) is 19.1 Å². The Morgan fingerprint density at radius 1 is 1.44 bits per heavy atom. The van der Waals surface area contributed by atoms with Gasteiger partial charge in [0.05, 0.1) is 6.54 Å². The number of hydrogen-bond acceptors (Lipinski definition) is 4. The molecule has 0 aromatic heterocycles. The average Bonchev–Trinajstić information content (AvgIpc) is 3.09. The largest absolute Gasteiger partial charge is 0.354 e. The molecule has 0 spiro atoms. The number of nitrogens with one attached hydrogen (secondary N) is 2. The van der Waals surface area contributed by atoms with Crippen molar-refractivity contribution in [3.8, 4) is 0 Å². The van der Waals surface area contributed by atoms with Gasteiger partial charge in [0, 0.05) is 37.5 Å². The Bertz CT molecular complexity index is 250. The predicted octanol–water partition coefficient (Wildman–Crippen LogP) is -0.0966. The van der Waals surface area contributed by atoms with E-state index in [0.29, 0.717) is 11.3 Å². The number of rotatable bonds is 5. The second kappa shape index (κ2) is 5.38. The monoisotopic (exact) mass is 243 g/mol. The molecule has 1 aliphatic carbocycles. The van der Waals surface area contributed by atoms with Crippen LogP contribution in [0.4, 0.5) is 0 Å². The van der Waals surface area contributed by atoms with Crippen LogP contribution in [0.1, 0.15) is 12.8 Å². The molecule has 1 saturated carbocycles. The van der Waals surface area contributed by atoms with Crippen LogP contribution < -0.4 is 10.6 Å². The van der Waals surface area contributed by atoms with E-state index in [2.05, 4.69) is 21.8 Å². The number of carbonyl (C=O) groups is 1. The smallest absolute Gasteiger partial charge is 0.234 e. The summed E-state index contributed by atoms with van der Waals surface area (Å²) in [4.78, 5) is 13.9. The van der Waals surface area contributed by atoms with Gasteiger partial charge in [0.15, 0.2) is 0 Å². The van der Waals surface area contributed by atoms with Crippen molar-refractivity contribution in [2.45, 2.75) is 17.6 Å². The summed E-state index contributed by atoms with van der Waals surface area (Å²) in [6, 6.07) is 0. The van der Waals surface area contributed by atoms with E-state index in [1.165, 1.54) is 12.8 Å². The Kier molecular flexibility index (Phi) is 4.10. The van der Waals surface area contributed by atoms with E-state index in [1.807, 2.05) is 11.8 Å². The second-order valence-corrected chi connectivity index (χ2v) is 5.96. The van der Waals surface area contributed by atoms with Crippen molar-refractivity contribution < 1.29 is 4.79 Å². The minimum atomic E-state index is 0.183. The van der Waals surface area contributed by atoms with Gasteiger partial charge >= 0.3 is 0 Å². The third-order valence-corrected chi connectivity index (χ3v) is 4.84. The van der Waals surface area contributed by atoms with Crippen LogP contribution in [0.3, 0.4) is 0 Å². The van der Waals surface area contributed by atoms with Crippen LogP contribution in [-0.2, 0) is 4.79 Å². The van der Waals surface area contributed by atoms with E-state index in [1.54, 1.807) is 0 Å². The summed E-state index contributed by atoms with van der Waals surface area (Å²) in [5.41, 5.74) is 0. The first-order valence-corrected chi connectivity index (χ1v) is 7.21. The lowest BCUT2D eigenvalue weighted by Crippen LogP contribution is -2.48. The zero-order chi connectivity index (χ0) is 11.4. The van der Waals surface area contributed by atoms with Crippen LogP contribution >= 0.6 is 11.8 Å². The topological polar surface area (TPSA) is 44.4 Å². The van der Waals surface area contributed by atoms with Gasteiger partial charge in [-0.2, -0.15) is 11.8 Å². The van der Waals surface area contributed by atoms with Crippen LogP contribution in [-0.4, -0.2) is 61.1 Å². The maximum Gasteiger partial charge on any atom is 0.234 e. The molecule has 0 bridgehead atoms. The van der Waals surface area contributed by atoms with Crippen molar-refractivity contribution in [1.82, 2.24) is 15.5 Å². The van der Waals surface area contributed by atoms with E-state index in [4.69, 9.17) is 0 Å². The van der Waals surface area contributed by atoms with Crippen LogP contribution in [0.15, 0.2) is 0 Å². The number of thioether (sulfide) groups is 1. The molecular weight excluding hydrogens is 222 g/mol. The zero-order valence-corrected chi connectivity index (χ0v) is 10.7. The Balaban J connectivity index is 1.64. The second-order valence-electron chi connectivity index (χ2n) is 4.69. The molecule has 16 heavy (non-hydrogen) atoms. The van der Waals surface area contributed by atoms with Crippen LogP contribution in [0, 0.1) is 0 Å². The summed E-state index contributed by atoms with van der Waals surface area (Å²) in [6.45, 7) is 5.39. The number of hydrogen-bond donors (Lipinski definition) is 2. The standard InChI is InChI=1S/C11H21N3OS/c1-16-11(2-3-11)9-13-10(15)8-14-6-4-12-5-7-14/h12H,2-9H2,1H3,(H,13,15).